The molecular formula is C19H14BrClN2OS. The number of hydrogen-bond donors (Lipinski definition) is 1. The minimum Gasteiger partial charge on any atom is -0.298 e. The number of benzene rings is 2. The van der Waals surface area contributed by atoms with E-state index >= 15 is 0 Å². The molecule has 0 saturated carbocycles. The molecule has 0 spiro atoms. The van der Waals surface area contributed by atoms with Crippen molar-refractivity contribution < 1.29 is 4.79 Å². The van der Waals surface area contributed by atoms with Crippen LogP contribution in [0.4, 0.5) is 5.13 Å². The third-order valence-electron chi connectivity index (χ3n) is 3.39. The molecule has 1 aromatic heterocycles. The van der Waals surface area contributed by atoms with E-state index in [1.165, 1.54) is 23.0 Å². The maximum atomic E-state index is 12.0. The molecular weight excluding hydrogens is 420 g/mol. The number of thiazole rings is 1. The van der Waals surface area contributed by atoms with Gasteiger partial charge in [-0.25, -0.2) is 4.98 Å². The standard InChI is InChI=1S/C19H14BrClN2OS/c20-15-8-5-13(6-9-15)11-16-12-22-19(25-16)23-18(24)10-7-14-3-1-2-4-17(14)21/h1-10,12H,11H2,(H,22,23,24)/b10-7-. The van der Waals surface area contributed by atoms with Gasteiger partial charge in [-0.3, -0.25) is 10.1 Å². The molecule has 0 radical (unpaired) electrons. The van der Waals surface area contributed by atoms with Crippen LogP contribution in [-0.4, -0.2) is 10.9 Å². The summed E-state index contributed by atoms with van der Waals surface area (Å²) in [5, 5.41) is 3.97. The van der Waals surface area contributed by atoms with Gasteiger partial charge in [0.05, 0.1) is 0 Å². The quantitative estimate of drug-likeness (QED) is 0.517. The summed E-state index contributed by atoms with van der Waals surface area (Å²) in [4.78, 5) is 17.4. The van der Waals surface area contributed by atoms with E-state index in [2.05, 4.69) is 38.4 Å². The van der Waals surface area contributed by atoms with Crippen molar-refractivity contribution in [3.8, 4) is 0 Å². The normalized spacial score (nSPS) is 11.0. The van der Waals surface area contributed by atoms with Gasteiger partial charge in [-0.2, -0.15) is 0 Å². The van der Waals surface area contributed by atoms with Crippen LogP contribution in [0, 0.1) is 0 Å². The Morgan fingerprint density at radius 2 is 1.96 bits per heavy atom. The topological polar surface area (TPSA) is 42.0 Å². The molecule has 3 aromatic rings. The summed E-state index contributed by atoms with van der Waals surface area (Å²) in [5.74, 6) is -0.232. The van der Waals surface area contributed by atoms with Gasteiger partial charge in [-0.1, -0.05) is 57.9 Å². The van der Waals surface area contributed by atoms with Gasteiger partial charge in [-0.05, 0) is 35.4 Å². The molecule has 0 bridgehead atoms. The number of nitrogens with one attached hydrogen (secondary N) is 1. The molecule has 0 fully saturated rings. The maximum absolute atomic E-state index is 12.0. The van der Waals surface area contributed by atoms with Crippen LogP contribution >= 0.6 is 38.9 Å². The molecule has 0 aliphatic rings. The second-order valence-electron chi connectivity index (χ2n) is 5.28. The zero-order valence-electron chi connectivity index (χ0n) is 13.1. The van der Waals surface area contributed by atoms with E-state index in [-0.39, 0.29) is 5.91 Å². The van der Waals surface area contributed by atoms with Crippen LogP contribution < -0.4 is 5.32 Å². The monoisotopic (exact) mass is 432 g/mol. The van der Waals surface area contributed by atoms with Gasteiger partial charge in [0.2, 0.25) is 5.91 Å². The number of rotatable bonds is 5. The third-order valence-corrected chi connectivity index (χ3v) is 5.18. The van der Waals surface area contributed by atoms with E-state index in [9.17, 15) is 4.79 Å². The second kappa shape index (κ2) is 8.43. The fourth-order valence-corrected chi connectivity index (χ4v) is 3.49. The Hall–Kier alpha value is -1.95. The maximum Gasteiger partial charge on any atom is 0.250 e. The van der Waals surface area contributed by atoms with Gasteiger partial charge < -0.3 is 0 Å². The van der Waals surface area contributed by atoms with Crippen LogP contribution in [0.2, 0.25) is 5.02 Å². The van der Waals surface area contributed by atoms with Crippen molar-refractivity contribution in [2.75, 3.05) is 5.32 Å². The van der Waals surface area contributed by atoms with Crippen molar-refractivity contribution in [1.29, 1.82) is 0 Å². The highest BCUT2D eigenvalue weighted by Gasteiger charge is 2.06. The fourth-order valence-electron chi connectivity index (χ4n) is 2.17. The largest absolute Gasteiger partial charge is 0.298 e. The summed E-state index contributed by atoms with van der Waals surface area (Å²) in [6.07, 6.45) is 5.72. The smallest absolute Gasteiger partial charge is 0.250 e. The van der Waals surface area contributed by atoms with Gasteiger partial charge in [0, 0.05) is 33.1 Å². The number of nitrogens with zero attached hydrogens (tertiary/aromatic N) is 1. The molecule has 3 rings (SSSR count). The zero-order chi connectivity index (χ0) is 17.6. The van der Waals surface area contributed by atoms with E-state index in [1.54, 1.807) is 18.3 Å². The summed E-state index contributed by atoms with van der Waals surface area (Å²) < 4.78 is 1.05. The second-order valence-corrected chi connectivity index (χ2v) is 7.72. The van der Waals surface area contributed by atoms with Gasteiger partial charge in [-0.15, -0.1) is 11.3 Å². The number of amides is 1. The first-order chi connectivity index (χ1) is 12.1. The molecule has 1 heterocycles. The molecule has 6 heteroatoms. The van der Waals surface area contributed by atoms with E-state index in [0.717, 1.165) is 21.3 Å². The van der Waals surface area contributed by atoms with Crippen LogP contribution in [0.3, 0.4) is 0 Å². The van der Waals surface area contributed by atoms with Crippen LogP contribution in [0.5, 0.6) is 0 Å². The van der Waals surface area contributed by atoms with E-state index in [0.29, 0.717) is 10.2 Å². The molecule has 25 heavy (non-hydrogen) atoms. The highest BCUT2D eigenvalue weighted by atomic mass is 79.9. The molecule has 2 aromatic carbocycles. The Morgan fingerprint density at radius 1 is 1.20 bits per heavy atom. The summed E-state index contributed by atoms with van der Waals surface area (Å²) >= 11 is 11.0. The molecule has 0 saturated heterocycles. The van der Waals surface area contributed by atoms with E-state index in [4.69, 9.17) is 11.6 Å². The third kappa shape index (κ3) is 5.26. The van der Waals surface area contributed by atoms with Crippen LogP contribution in [-0.2, 0) is 11.2 Å². The Balaban J connectivity index is 1.60. The van der Waals surface area contributed by atoms with E-state index < -0.39 is 0 Å². The van der Waals surface area contributed by atoms with Gasteiger partial charge in [0.15, 0.2) is 5.13 Å². The van der Waals surface area contributed by atoms with Crippen LogP contribution in [0.15, 0.2) is 65.3 Å². The molecule has 0 aliphatic carbocycles. The average molecular weight is 434 g/mol. The predicted octanol–water partition coefficient (Wildman–Crippen LogP) is 5.80. The van der Waals surface area contributed by atoms with Crippen molar-refractivity contribution in [2.24, 2.45) is 0 Å². The number of anilines is 1. The van der Waals surface area contributed by atoms with Crippen molar-refractivity contribution >= 4 is 56.0 Å². The van der Waals surface area contributed by atoms with Crippen LogP contribution in [0.1, 0.15) is 16.0 Å². The summed E-state index contributed by atoms with van der Waals surface area (Å²) in [5.41, 5.74) is 2.00. The minimum atomic E-state index is -0.232. The molecule has 1 amide bonds. The lowest BCUT2D eigenvalue weighted by Crippen LogP contribution is -2.07. The molecule has 126 valence electrons. The minimum absolute atomic E-state index is 0.232. The molecule has 0 atom stereocenters. The Labute approximate surface area is 163 Å². The summed E-state index contributed by atoms with van der Waals surface area (Å²) in [6, 6.07) is 15.5. The molecule has 3 nitrogen and oxygen atoms in total. The first-order valence-electron chi connectivity index (χ1n) is 7.53. The summed E-state index contributed by atoms with van der Waals surface area (Å²) in [6.45, 7) is 0. The Bertz CT molecular complexity index is 906. The number of carbonyl (C=O) groups is 1. The van der Waals surface area contributed by atoms with Crippen molar-refractivity contribution in [2.45, 2.75) is 6.42 Å². The number of halogens is 2. The number of carbonyl (C=O) groups excluding carboxylic acids is 1. The lowest BCUT2D eigenvalue weighted by atomic mass is 10.1. The van der Waals surface area contributed by atoms with Crippen molar-refractivity contribution in [3.63, 3.8) is 0 Å². The Morgan fingerprint density at radius 3 is 2.72 bits per heavy atom. The first kappa shape index (κ1) is 17.9. The lowest BCUT2D eigenvalue weighted by Gasteiger charge is -1.99. The van der Waals surface area contributed by atoms with Crippen molar-refractivity contribution in [3.05, 3.63) is 86.3 Å². The first-order valence-corrected chi connectivity index (χ1v) is 9.51. The van der Waals surface area contributed by atoms with Crippen molar-refractivity contribution in [1.82, 2.24) is 4.98 Å². The van der Waals surface area contributed by atoms with Gasteiger partial charge >= 0.3 is 0 Å². The number of hydrogen-bond acceptors (Lipinski definition) is 3. The zero-order valence-corrected chi connectivity index (χ0v) is 16.2. The number of aromatic nitrogens is 1. The average Bonchev–Trinajstić information content (AvgIpc) is 3.03. The predicted molar refractivity (Wildman–Crippen MR) is 108 cm³/mol. The molecule has 0 unspecified atom stereocenters. The SMILES string of the molecule is O=C(/C=C\c1ccccc1Cl)Nc1ncc(Cc2ccc(Br)cc2)s1. The highest BCUT2D eigenvalue weighted by Crippen LogP contribution is 2.22. The fraction of sp³-hybridized carbons (Fsp3) is 0.0526. The Kier molecular flexibility index (Phi) is 6.02. The van der Waals surface area contributed by atoms with Crippen LogP contribution in [0.25, 0.3) is 6.08 Å². The highest BCUT2D eigenvalue weighted by molar-refractivity contribution is 9.10. The summed E-state index contributed by atoms with van der Waals surface area (Å²) in [7, 11) is 0. The lowest BCUT2D eigenvalue weighted by molar-refractivity contribution is -0.111. The van der Waals surface area contributed by atoms with Gasteiger partial charge in [0.25, 0.3) is 0 Å². The van der Waals surface area contributed by atoms with E-state index in [1.807, 2.05) is 30.3 Å². The molecule has 0 aliphatic heterocycles. The van der Waals surface area contributed by atoms with Gasteiger partial charge in [0.1, 0.15) is 0 Å². The molecule has 1 N–H and O–H groups in total.